The lowest BCUT2D eigenvalue weighted by Gasteiger charge is -2.24. The summed E-state index contributed by atoms with van der Waals surface area (Å²) in [6.07, 6.45) is -0.819. The van der Waals surface area contributed by atoms with Crippen LogP contribution in [0.1, 0.15) is 25.3 Å². The van der Waals surface area contributed by atoms with Crippen LogP contribution in [0.15, 0.2) is 30.3 Å². The predicted molar refractivity (Wildman–Crippen MR) is 111 cm³/mol. The number of aliphatic hydroxyl groups excluding tert-OH is 1. The molecule has 0 radical (unpaired) electrons. The Balaban J connectivity index is 2.91. The van der Waals surface area contributed by atoms with Gasteiger partial charge in [0, 0.05) is 12.8 Å². The van der Waals surface area contributed by atoms with Crippen molar-refractivity contribution in [2.75, 3.05) is 6.61 Å². The zero-order chi connectivity index (χ0) is 24.3. The molecule has 1 aromatic carbocycles. The van der Waals surface area contributed by atoms with Crippen molar-refractivity contribution in [3.63, 3.8) is 0 Å². The lowest BCUT2D eigenvalue weighted by atomic mass is 10.0. The second kappa shape index (κ2) is 13.0. The summed E-state index contributed by atoms with van der Waals surface area (Å²) in [5.41, 5.74) is 6.25. The molecule has 0 aliphatic heterocycles. The van der Waals surface area contributed by atoms with Gasteiger partial charge in [-0.1, -0.05) is 30.3 Å². The number of rotatable bonds is 13. The van der Waals surface area contributed by atoms with E-state index in [1.165, 1.54) is 6.92 Å². The SMILES string of the molecule is CC(N)C(=O)NC(Cc1ccccc1)C(=O)NC(CO)C(=O)NC(CCC(=O)O)C(=O)O. The van der Waals surface area contributed by atoms with E-state index in [9.17, 15) is 29.1 Å². The fourth-order valence-corrected chi connectivity index (χ4v) is 2.63. The molecule has 8 N–H and O–H groups in total. The average molecular weight is 452 g/mol. The summed E-state index contributed by atoms with van der Waals surface area (Å²) in [6.45, 7) is 0.572. The molecule has 0 saturated heterocycles. The van der Waals surface area contributed by atoms with E-state index >= 15 is 0 Å². The van der Waals surface area contributed by atoms with Gasteiger partial charge in [0.2, 0.25) is 17.7 Å². The van der Waals surface area contributed by atoms with Crippen LogP contribution < -0.4 is 21.7 Å². The number of aliphatic hydroxyl groups is 1. The van der Waals surface area contributed by atoms with Crippen LogP contribution >= 0.6 is 0 Å². The highest BCUT2D eigenvalue weighted by Crippen LogP contribution is 2.05. The minimum absolute atomic E-state index is 0.0707. The molecule has 1 aromatic rings. The van der Waals surface area contributed by atoms with Gasteiger partial charge in [0.15, 0.2) is 0 Å². The van der Waals surface area contributed by atoms with Crippen molar-refractivity contribution in [1.82, 2.24) is 16.0 Å². The third-order valence-electron chi connectivity index (χ3n) is 4.41. The van der Waals surface area contributed by atoms with E-state index in [4.69, 9.17) is 15.9 Å². The molecule has 0 fully saturated rings. The lowest BCUT2D eigenvalue weighted by Crippen LogP contribution is -2.58. The first kappa shape index (κ1) is 26.5. The van der Waals surface area contributed by atoms with Crippen molar-refractivity contribution in [2.24, 2.45) is 5.73 Å². The number of hydrogen-bond donors (Lipinski definition) is 7. The standard InChI is InChI=1S/C20H28N4O8/c1-11(21)17(28)23-14(9-12-5-3-2-4-6-12)18(29)24-15(10-25)19(30)22-13(20(31)32)7-8-16(26)27/h2-6,11,13-15,25H,7-10,21H2,1H3,(H,22,30)(H,23,28)(H,24,29)(H,26,27)(H,31,32). The molecule has 0 aliphatic carbocycles. The lowest BCUT2D eigenvalue weighted by molar-refractivity contribution is -0.143. The fourth-order valence-electron chi connectivity index (χ4n) is 2.63. The summed E-state index contributed by atoms with van der Waals surface area (Å²) in [5.74, 6) is -5.13. The number of amides is 3. The largest absolute Gasteiger partial charge is 0.481 e. The first-order valence-corrected chi connectivity index (χ1v) is 9.81. The van der Waals surface area contributed by atoms with Crippen molar-refractivity contribution in [2.45, 2.75) is 50.4 Å². The molecule has 3 amide bonds. The highest BCUT2D eigenvalue weighted by molar-refractivity contribution is 5.94. The molecule has 0 aromatic heterocycles. The van der Waals surface area contributed by atoms with Crippen LogP contribution in [-0.4, -0.2) is 75.8 Å². The van der Waals surface area contributed by atoms with Gasteiger partial charge in [0.05, 0.1) is 12.6 Å². The predicted octanol–water partition coefficient (Wildman–Crippen LogP) is -2.03. The van der Waals surface area contributed by atoms with Crippen LogP contribution in [-0.2, 0) is 30.4 Å². The molecule has 0 aliphatic rings. The van der Waals surface area contributed by atoms with Gasteiger partial charge >= 0.3 is 11.9 Å². The summed E-state index contributed by atoms with van der Waals surface area (Å²) >= 11 is 0. The molecule has 12 heteroatoms. The first-order valence-electron chi connectivity index (χ1n) is 9.81. The number of nitrogens with two attached hydrogens (primary N) is 1. The van der Waals surface area contributed by atoms with Crippen molar-refractivity contribution >= 4 is 29.7 Å². The van der Waals surface area contributed by atoms with Gasteiger partial charge in [-0.2, -0.15) is 0 Å². The summed E-state index contributed by atoms with van der Waals surface area (Å²) in [6, 6.07) is 3.64. The van der Waals surface area contributed by atoms with E-state index < -0.39 is 66.9 Å². The Morgan fingerprint density at radius 3 is 1.91 bits per heavy atom. The van der Waals surface area contributed by atoms with E-state index in [0.29, 0.717) is 5.56 Å². The molecule has 1 rings (SSSR count). The van der Waals surface area contributed by atoms with Crippen molar-refractivity contribution in [3.8, 4) is 0 Å². The molecule has 12 nitrogen and oxygen atoms in total. The van der Waals surface area contributed by atoms with Crippen LogP contribution in [0.5, 0.6) is 0 Å². The zero-order valence-corrected chi connectivity index (χ0v) is 17.5. The summed E-state index contributed by atoms with van der Waals surface area (Å²) in [5, 5.41) is 34.2. The van der Waals surface area contributed by atoms with Gasteiger partial charge in [-0.15, -0.1) is 0 Å². The van der Waals surface area contributed by atoms with E-state index in [-0.39, 0.29) is 12.8 Å². The number of carboxylic acids is 2. The Bertz CT molecular complexity index is 815. The molecule has 4 unspecified atom stereocenters. The quantitative estimate of drug-likeness (QED) is 0.176. The smallest absolute Gasteiger partial charge is 0.326 e. The number of nitrogens with one attached hydrogen (secondary N) is 3. The van der Waals surface area contributed by atoms with Gasteiger partial charge in [0.1, 0.15) is 18.1 Å². The summed E-state index contributed by atoms with van der Waals surface area (Å²) in [4.78, 5) is 59.1. The second-order valence-corrected chi connectivity index (χ2v) is 7.12. The van der Waals surface area contributed by atoms with Gasteiger partial charge < -0.3 is 37.0 Å². The zero-order valence-electron chi connectivity index (χ0n) is 17.5. The Morgan fingerprint density at radius 1 is 0.875 bits per heavy atom. The number of benzene rings is 1. The van der Waals surface area contributed by atoms with Crippen LogP contribution in [0.4, 0.5) is 0 Å². The van der Waals surface area contributed by atoms with Gasteiger partial charge in [-0.25, -0.2) is 4.79 Å². The van der Waals surface area contributed by atoms with Crippen LogP contribution in [0.25, 0.3) is 0 Å². The van der Waals surface area contributed by atoms with Crippen LogP contribution in [0.3, 0.4) is 0 Å². The molecule has 0 bridgehead atoms. The van der Waals surface area contributed by atoms with Crippen molar-refractivity contribution < 1.29 is 39.3 Å². The Labute approximate surface area is 184 Å². The second-order valence-electron chi connectivity index (χ2n) is 7.12. The molecule has 0 spiro atoms. The highest BCUT2D eigenvalue weighted by atomic mass is 16.4. The van der Waals surface area contributed by atoms with Gasteiger partial charge in [-0.05, 0) is 18.9 Å². The molecule has 32 heavy (non-hydrogen) atoms. The summed E-state index contributed by atoms with van der Waals surface area (Å²) < 4.78 is 0. The highest BCUT2D eigenvalue weighted by Gasteiger charge is 2.30. The van der Waals surface area contributed by atoms with E-state index in [0.717, 1.165) is 0 Å². The Hall–Kier alpha value is -3.51. The monoisotopic (exact) mass is 452 g/mol. The maximum absolute atomic E-state index is 12.8. The van der Waals surface area contributed by atoms with Gasteiger partial charge in [-0.3, -0.25) is 19.2 Å². The molecule has 176 valence electrons. The van der Waals surface area contributed by atoms with E-state index in [1.54, 1.807) is 30.3 Å². The van der Waals surface area contributed by atoms with Gasteiger partial charge in [0.25, 0.3) is 0 Å². The minimum Gasteiger partial charge on any atom is -0.481 e. The maximum Gasteiger partial charge on any atom is 0.326 e. The number of aliphatic carboxylic acids is 2. The molecular formula is C20H28N4O8. The minimum atomic E-state index is -1.53. The summed E-state index contributed by atoms with van der Waals surface area (Å²) in [7, 11) is 0. The topological polar surface area (TPSA) is 208 Å². The molecule has 0 heterocycles. The van der Waals surface area contributed by atoms with Crippen LogP contribution in [0.2, 0.25) is 0 Å². The molecule has 0 saturated carbocycles. The normalized spacial score (nSPS) is 14.3. The van der Waals surface area contributed by atoms with E-state index in [1.807, 2.05) is 0 Å². The fraction of sp³-hybridized carbons (Fsp3) is 0.450. The Morgan fingerprint density at radius 2 is 1.41 bits per heavy atom. The third kappa shape index (κ3) is 9.10. The number of hydrogen-bond acceptors (Lipinski definition) is 7. The average Bonchev–Trinajstić information content (AvgIpc) is 2.74. The third-order valence-corrected chi connectivity index (χ3v) is 4.41. The number of carbonyl (C=O) groups excluding carboxylic acids is 3. The number of carbonyl (C=O) groups is 5. The Kier molecular flexibility index (Phi) is 10.8. The van der Waals surface area contributed by atoms with Crippen LogP contribution in [0, 0.1) is 0 Å². The molecular weight excluding hydrogens is 424 g/mol. The molecule has 4 atom stereocenters. The van der Waals surface area contributed by atoms with Crippen molar-refractivity contribution in [3.05, 3.63) is 35.9 Å². The first-order chi connectivity index (χ1) is 15.0. The van der Waals surface area contributed by atoms with Crippen molar-refractivity contribution in [1.29, 1.82) is 0 Å². The number of carboxylic acid groups (broad SMARTS) is 2. The maximum atomic E-state index is 12.8. The van der Waals surface area contributed by atoms with E-state index in [2.05, 4.69) is 16.0 Å².